The van der Waals surface area contributed by atoms with E-state index in [1.165, 1.54) is 0 Å². The van der Waals surface area contributed by atoms with Crippen molar-refractivity contribution >= 4 is 22.6 Å². The van der Waals surface area contributed by atoms with Gasteiger partial charge in [-0.15, -0.1) is 0 Å². The molecule has 0 aromatic heterocycles. The Bertz CT molecular complexity index is 171. The van der Waals surface area contributed by atoms with Crippen LogP contribution in [-0.4, -0.2) is 39.0 Å². The molecular weight excluding hydrogens is 245 g/mol. The quantitative estimate of drug-likeness (QED) is 0.290. The van der Waals surface area contributed by atoms with Gasteiger partial charge in [-0.2, -0.15) is 0 Å². The number of rotatable bonds is 0. The average Bonchev–Trinajstić information content (AvgIpc) is 2.58. The molecule has 0 aromatic carbocycles. The lowest BCUT2D eigenvalue weighted by atomic mass is 10.2. The van der Waals surface area contributed by atoms with Gasteiger partial charge in [-0.3, -0.25) is 4.90 Å². The van der Waals surface area contributed by atoms with E-state index in [0.717, 1.165) is 0 Å². The van der Waals surface area contributed by atoms with Gasteiger partial charge in [0.15, 0.2) is 0 Å². The zero-order valence-electron chi connectivity index (χ0n) is 5.91. The molecule has 2 saturated heterocycles. The van der Waals surface area contributed by atoms with Gasteiger partial charge in [0.2, 0.25) is 0 Å². The van der Waals surface area contributed by atoms with Crippen LogP contribution in [0.1, 0.15) is 6.92 Å². The van der Waals surface area contributed by atoms with Crippen molar-refractivity contribution in [2.75, 3.05) is 7.05 Å². The predicted octanol–water partition coefficient (Wildman–Crippen LogP) is 0.169. The molecule has 2 heterocycles. The van der Waals surface area contributed by atoms with Gasteiger partial charge in [-0.05, 0) is 14.0 Å². The summed E-state index contributed by atoms with van der Waals surface area (Å²) < 4.78 is 5.58. The highest BCUT2D eigenvalue weighted by Crippen LogP contribution is 2.47. The Morgan fingerprint density at radius 2 is 2.30 bits per heavy atom. The van der Waals surface area contributed by atoms with Crippen LogP contribution in [0.2, 0.25) is 0 Å². The SMILES string of the molecule is CN1[C@@H](I)[C@H]2O[C@@H]2C1(C)O. The Morgan fingerprint density at radius 3 is 2.50 bits per heavy atom. The number of alkyl halides is 1. The molecule has 0 radical (unpaired) electrons. The number of hydrogen-bond donors (Lipinski definition) is 1. The van der Waals surface area contributed by atoms with Gasteiger partial charge in [0.25, 0.3) is 0 Å². The van der Waals surface area contributed by atoms with Crippen LogP contribution < -0.4 is 0 Å². The molecule has 2 aliphatic heterocycles. The number of likely N-dealkylation sites (N-methyl/N-ethyl adjacent to an activating group) is 1. The first-order chi connectivity index (χ1) is 4.55. The Balaban J connectivity index is 2.24. The maximum atomic E-state index is 9.74. The molecule has 3 nitrogen and oxygen atoms in total. The number of morpholine rings is 1. The minimum atomic E-state index is -0.740. The number of ether oxygens (including phenoxy) is 1. The lowest BCUT2D eigenvalue weighted by Gasteiger charge is -2.30. The van der Waals surface area contributed by atoms with Crippen molar-refractivity contribution < 1.29 is 9.84 Å². The van der Waals surface area contributed by atoms with Gasteiger partial charge in [0, 0.05) is 0 Å². The van der Waals surface area contributed by atoms with E-state index >= 15 is 0 Å². The van der Waals surface area contributed by atoms with Crippen molar-refractivity contribution in [1.29, 1.82) is 0 Å². The van der Waals surface area contributed by atoms with E-state index in [4.69, 9.17) is 4.74 Å². The second-order valence-electron chi connectivity index (χ2n) is 3.10. The van der Waals surface area contributed by atoms with Gasteiger partial charge < -0.3 is 9.84 Å². The van der Waals surface area contributed by atoms with Crippen LogP contribution in [-0.2, 0) is 4.74 Å². The van der Waals surface area contributed by atoms with Gasteiger partial charge in [0.1, 0.15) is 17.9 Å². The molecule has 4 heteroatoms. The number of likely N-dealkylation sites (tertiary alicyclic amines) is 1. The van der Waals surface area contributed by atoms with E-state index in [1.54, 1.807) is 6.92 Å². The summed E-state index contributed by atoms with van der Waals surface area (Å²) in [6.45, 7) is 1.80. The number of fused-ring (bicyclic) bond motifs is 1. The van der Waals surface area contributed by atoms with Crippen molar-refractivity contribution in [3.8, 4) is 0 Å². The molecule has 1 unspecified atom stereocenters. The molecule has 0 saturated carbocycles. The molecule has 2 fully saturated rings. The average molecular weight is 255 g/mol. The van der Waals surface area contributed by atoms with Crippen LogP contribution >= 0.6 is 22.6 Å². The van der Waals surface area contributed by atoms with Crippen LogP contribution in [0.5, 0.6) is 0 Å². The standard InChI is InChI=1S/C6H10INO2/c1-6(9)4-3(10-4)5(7)8(6)2/h3-5,9H,1-2H3/t3-,4-,5+,6?/m0/s1. The molecule has 1 N–H and O–H groups in total. The van der Waals surface area contributed by atoms with E-state index in [0.29, 0.717) is 4.05 Å². The topological polar surface area (TPSA) is 36.0 Å². The lowest BCUT2D eigenvalue weighted by Crippen LogP contribution is -2.46. The maximum Gasteiger partial charge on any atom is 0.145 e. The van der Waals surface area contributed by atoms with Gasteiger partial charge >= 0.3 is 0 Å². The summed E-state index contributed by atoms with van der Waals surface area (Å²) >= 11 is 2.29. The van der Waals surface area contributed by atoms with Crippen LogP contribution in [0.25, 0.3) is 0 Å². The van der Waals surface area contributed by atoms with E-state index in [9.17, 15) is 5.11 Å². The van der Waals surface area contributed by atoms with Crippen LogP contribution in [0, 0.1) is 0 Å². The third kappa shape index (κ3) is 0.704. The fourth-order valence-electron chi connectivity index (χ4n) is 1.44. The summed E-state index contributed by atoms with van der Waals surface area (Å²) in [7, 11) is 1.92. The molecule has 4 atom stereocenters. The van der Waals surface area contributed by atoms with E-state index in [1.807, 2.05) is 11.9 Å². The van der Waals surface area contributed by atoms with E-state index < -0.39 is 5.72 Å². The van der Waals surface area contributed by atoms with Gasteiger partial charge in [-0.25, -0.2) is 0 Å². The number of epoxide rings is 1. The molecule has 0 aromatic rings. The molecule has 2 aliphatic rings. The molecule has 58 valence electrons. The summed E-state index contributed by atoms with van der Waals surface area (Å²) in [5.74, 6) is 0. The van der Waals surface area contributed by atoms with Gasteiger partial charge in [-0.1, -0.05) is 22.6 Å². The zero-order valence-corrected chi connectivity index (χ0v) is 8.07. The Labute approximate surface area is 73.5 Å². The second kappa shape index (κ2) is 1.85. The van der Waals surface area contributed by atoms with Gasteiger partial charge in [0.05, 0.1) is 4.05 Å². The van der Waals surface area contributed by atoms with Crippen molar-refractivity contribution in [3.63, 3.8) is 0 Å². The molecule has 2 rings (SSSR count). The van der Waals surface area contributed by atoms with Crippen LogP contribution in [0.3, 0.4) is 0 Å². The normalized spacial score (nSPS) is 60.6. The Hall–Kier alpha value is 0.610. The number of nitrogens with zero attached hydrogens (tertiary/aromatic N) is 1. The molecule has 0 spiro atoms. The van der Waals surface area contributed by atoms with E-state index in [2.05, 4.69) is 22.6 Å². The van der Waals surface area contributed by atoms with Crippen LogP contribution in [0.4, 0.5) is 0 Å². The molecular formula is C6H10INO2. The predicted molar refractivity (Wildman–Crippen MR) is 44.9 cm³/mol. The fourth-order valence-corrected chi connectivity index (χ4v) is 2.55. The first kappa shape index (κ1) is 7.27. The molecule has 0 amide bonds. The number of aliphatic hydroxyl groups is 1. The highest BCUT2D eigenvalue weighted by atomic mass is 127. The monoisotopic (exact) mass is 255 g/mol. The number of halogens is 1. The second-order valence-corrected chi connectivity index (χ2v) is 4.38. The van der Waals surface area contributed by atoms with Crippen LogP contribution in [0.15, 0.2) is 0 Å². The third-order valence-electron chi connectivity index (χ3n) is 2.42. The summed E-state index contributed by atoms with van der Waals surface area (Å²) in [5, 5.41) is 9.74. The van der Waals surface area contributed by atoms with Crippen molar-refractivity contribution in [2.45, 2.75) is 28.9 Å². The summed E-state index contributed by atoms with van der Waals surface area (Å²) in [6.07, 6.45) is 0.319. The largest absolute Gasteiger partial charge is 0.373 e. The Morgan fingerprint density at radius 1 is 1.70 bits per heavy atom. The molecule has 0 bridgehead atoms. The lowest BCUT2D eigenvalue weighted by molar-refractivity contribution is -0.0952. The summed E-state index contributed by atoms with van der Waals surface area (Å²) in [4.78, 5) is 1.95. The molecule has 0 aliphatic carbocycles. The highest BCUT2D eigenvalue weighted by Gasteiger charge is 2.65. The van der Waals surface area contributed by atoms with Crippen molar-refractivity contribution in [3.05, 3.63) is 0 Å². The minimum absolute atomic E-state index is 0.0550. The minimum Gasteiger partial charge on any atom is -0.373 e. The van der Waals surface area contributed by atoms with Crippen molar-refractivity contribution in [2.24, 2.45) is 0 Å². The Kier molecular flexibility index (Phi) is 1.35. The fraction of sp³-hybridized carbons (Fsp3) is 1.00. The van der Waals surface area contributed by atoms with E-state index in [-0.39, 0.29) is 12.2 Å². The number of hydrogen-bond acceptors (Lipinski definition) is 3. The molecule has 10 heavy (non-hydrogen) atoms. The van der Waals surface area contributed by atoms with Crippen molar-refractivity contribution in [1.82, 2.24) is 4.90 Å². The third-order valence-corrected chi connectivity index (χ3v) is 3.96. The highest BCUT2D eigenvalue weighted by molar-refractivity contribution is 14.1. The first-order valence-corrected chi connectivity index (χ1v) is 4.54. The summed E-state index contributed by atoms with van der Waals surface area (Å²) in [6, 6.07) is 0. The maximum absolute atomic E-state index is 9.74. The first-order valence-electron chi connectivity index (χ1n) is 3.30. The summed E-state index contributed by atoms with van der Waals surface area (Å²) in [5.41, 5.74) is -0.740. The smallest absolute Gasteiger partial charge is 0.145 e. The zero-order chi connectivity index (χ0) is 7.52.